The summed E-state index contributed by atoms with van der Waals surface area (Å²) in [6.45, 7) is 2.66. The summed E-state index contributed by atoms with van der Waals surface area (Å²) in [4.78, 5) is 12.0. The zero-order valence-corrected chi connectivity index (χ0v) is 12.0. The molecule has 106 valence electrons. The van der Waals surface area contributed by atoms with Gasteiger partial charge in [-0.3, -0.25) is 4.79 Å². The molecule has 1 aliphatic rings. The van der Waals surface area contributed by atoms with E-state index in [-0.39, 0.29) is 11.7 Å². The fourth-order valence-electron chi connectivity index (χ4n) is 2.69. The Bertz CT molecular complexity index is 675. The van der Waals surface area contributed by atoms with Gasteiger partial charge >= 0.3 is 0 Å². The van der Waals surface area contributed by atoms with Crippen LogP contribution in [0.5, 0.6) is 5.75 Å². The molecule has 1 N–H and O–H groups in total. The monoisotopic (exact) mass is 293 g/mol. The molecule has 0 bridgehead atoms. The van der Waals surface area contributed by atoms with Crippen molar-refractivity contribution in [3.63, 3.8) is 0 Å². The molecule has 1 atom stereocenters. The number of aromatic nitrogens is 1. The van der Waals surface area contributed by atoms with Crippen molar-refractivity contribution in [2.75, 3.05) is 12.5 Å². The summed E-state index contributed by atoms with van der Waals surface area (Å²) in [7, 11) is 0. The molecule has 4 nitrogen and oxygen atoms in total. The number of ketones is 1. The van der Waals surface area contributed by atoms with E-state index in [2.05, 4.69) is 0 Å². The molecule has 2 heterocycles. The van der Waals surface area contributed by atoms with Gasteiger partial charge in [-0.1, -0.05) is 12.1 Å². The van der Waals surface area contributed by atoms with Gasteiger partial charge in [-0.2, -0.15) is 0 Å². The normalized spacial score (nSPS) is 22.1. The lowest BCUT2D eigenvalue weighted by Crippen LogP contribution is -2.33. The van der Waals surface area contributed by atoms with E-state index in [0.717, 1.165) is 16.7 Å². The first-order valence-electron chi connectivity index (χ1n) is 6.58. The Morgan fingerprint density at radius 1 is 1.55 bits per heavy atom. The van der Waals surface area contributed by atoms with Gasteiger partial charge in [-0.05, 0) is 13.0 Å². The van der Waals surface area contributed by atoms with E-state index < -0.39 is 5.60 Å². The third kappa shape index (κ3) is 2.19. The first-order chi connectivity index (χ1) is 9.52. The van der Waals surface area contributed by atoms with E-state index in [1.54, 1.807) is 13.1 Å². The number of hydrogen-bond acceptors (Lipinski definition) is 3. The van der Waals surface area contributed by atoms with Crippen LogP contribution < -0.4 is 4.74 Å². The van der Waals surface area contributed by atoms with Gasteiger partial charge in [0.1, 0.15) is 5.75 Å². The average molecular weight is 294 g/mol. The van der Waals surface area contributed by atoms with Crippen molar-refractivity contribution in [3.8, 4) is 5.75 Å². The zero-order valence-electron chi connectivity index (χ0n) is 11.2. The molecule has 0 spiro atoms. The lowest BCUT2D eigenvalue weighted by molar-refractivity contribution is 0.0189. The van der Waals surface area contributed by atoms with Crippen LogP contribution >= 0.6 is 11.6 Å². The van der Waals surface area contributed by atoms with Gasteiger partial charge in [0.05, 0.1) is 30.1 Å². The van der Waals surface area contributed by atoms with E-state index >= 15 is 0 Å². The van der Waals surface area contributed by atoms with E-state index in [1.807, 2.05) is 22.8 Å². The van der Waals surface area contributed by atoms with Gasteiger partial charge in [0, 0.05) is 23.6 Å². The number of hydrogen-bond donors (Lipinski definition) is 1. The number of aliphatic hydroxyl groups is 1. The van der Waals surface area contributed by atoms with Crippen LogP contribution in [-0.4, -0.2) is 33.5 Å². The first kappa shape index (κ1) is 13.5. The van der Waals surface area contributed by atoms with Crippen LogP contribution in [0, 0.1) is 0 Å². The molecule has 5 heteroatoms. The smallest absolute Gasteiger partial charge is 0.179 e. The summed E-state index contributed by atoms with van der Waals surface area (Å²) in [6, 6.07) is 5.63. The quantitative estimate of drug-likeness (QED) is 0.684. The Morgan fingerprint density at radius 2 is 2.35 bits per heavy atom. The maximum atomic E-state index is 12.0. The number of para-hydroxylation sites is 1. The Balaban J connectivity index is 2.26. The van der Waals surface area contributed by atoms with Crippen LogP contribution in [0.4, 0.5) is 0 Å². The molecule has 3 rings (SSSR count). The SMILES string of the molecule is CC1(O)CCOc2cccc3c(C(=O)CCl)cn(c23)C1. The topological polar surface area (TPSA) is 51.5 Å². The Labute approximate surface area is 121 Å². The second-order valence-electron chi connectivity index (χ2n) is 5.48. The molecule has 0 amide bonds. The molecule has 0 aliphatic carbocycles. The van der Waals surface area contributed by atoms with Gasteiger partial charge in [0.25, 0.3) is 0 Å². The number of benzene rings is 1. The molecule has 0 saturated heterocycles. The number of carbonyl (C=O) groups is 1. The predicted octanol–water partition coefficient (Wildman–Crippen LogP) is 2.60. The van der Waals surface area contributed by atoms with Crippen molar-refractivity contribution in [3.05, 3.63) is 30.0 Å². The largest absolute Gasteiger partial charge is 0.491 e. The molecule has 20 heavy (non-hydrogen) atoms. The second-order valence-corrected chi connectivity index (χ2v) is 5.74. The minimum atomic E-state index is -0.860. The van der Waals surface area contributed by atoms with Gasteiger partial charge in [0.2, 0.25) is 0 Å². The van der Waals surface area contributed by atoms with Crippen LogP contribution in [0.15, 0.2) is 24.4 Å². The van der Waals surface area contributed by atoms with Crippen LogP contribution in [0.2, 0.25) is 0 Å². The lowest BCUT2D eigenvalue weighted by atomic mass is 10.0. The summed E-state index contributed by atoms with van der Waals surface area (Å²) in [5.41, 5.74) is 0.569. The molecule has 1 aromatic heterocycles. The van der Waals surface area contributed by atoms with Crippen LogP contribution in [0.25, 0.3) is 10.9 Å². The number of Topliss-reactive ketones (excluding diaryl/α,β-unsaturated/α-hetero) is 1. The maximum absolute atomic E-state index is 12.0. The summed E-state index contributed by atoms with van der Waals surface area (Å²) < 4.78 is 7.63. The number of carbonyl (C=O) groups excluding carboxylic acids is 1. The van der Waals surface area contributed by atoms with E-state index in [0.29, 0.717) is 25.1 Å². The van der Waals surface area contributed by atoms with E-state index in [1.165, 1.54) is 0 Å². The minimum absolute atomic E-state index is 0.0550. The third-order valence-electron chi connectivity index (χ3n) is 3.69. The Morgan fingerprint density at radius 3 is 3.10 bits per heavy atom. The van der Waals surface area contributed by atoms with Gasteiger partial charge in [-0.15, -0.1) is 11.6 Å². The highest BCUT2D eigenvalue weighted by Crippen LogP contribution is 2.33. The van der Waals surface area contributed by atoms with E-state index in [9.17, 15) is 9.90 Å². The van der Waals surface area contributed by atoms with E-state index in [4.69, 9.17) is 16.3 Å². The van der Waals surface area contributed by atoms with Crippen molar-refractivity contribution in [2.45, 2.75) is 25.5 Å². The van der Waals surface area contributed by atoms with Gasteiger partial charge < -0.3 is 14.4 Å². The van der Waals surface area contributed by atoms with Crippen molar-refractivity contribution in [1.29, 1.82) is 0 Å². The van der Waals surface area contributed by atoms with Crippen LogP contribution in [0.3, 0.4) is 0 Å². The number of alkyl halides is 1. The number of nitrogens with zero attached hydrogens (tertiary/aromatic N) is 1. The molecule has 1 aliphatic heterocycles. The molecular formula is C15H16ClNO3. The third-order valence-corrected chi connectivity index (χ3v) is 3.94. The fraction of sp³-hybridized carbons (Fsp3) is 0.400. The summed E-state index contributed by atoms with van der Waals surface area (Å²) in [5, 5.41) is 11.2. The molecular weight excluding hydrogens is 278 g/mol. The number of ether oxygens (including phenoxy) is 1. The summed E-state index contributed by atoms with van der Waals surface area (Å²) in [5.74, 6) is 0.568. The van der Waals surface area contributed by atoms with Crippen molar-refractivity contribution >= 4 is 28.3 Å². The summed E-state index contributed by atoms with van der Waals surface area (Å²) >= 11 is 5.68. The molecule has 0 radical (unpaired) electrons. The minimum Gasteiger partial charge on any atom is -0.491 e. The lowest BCUT2D eigenvalue weighted by Gasteiger charge is -2.27. The zero-order chi connectivity index (χ0) is 14.3. The van der Waals surface area contributed by atoms with Gasteiger partial charge in [-0.25, -0.2) is 0 Å². The number of rotatable bonds is 2. The fourth-order valence-corrected chi connectivity index (χ4v) is 2.83. The van der Waals surface area contributed by atoms with Crippen LogP contribution in [-0.2, 0) is 6.54 Å². The highest BCUT2D eigenvalue weighted by Gasteiger charge is 2.27. The highest BCUT2D eigenvalue weighted by molar-refractivity contribution is 6.32. The molecule has 2 aromatic rings. The molecule has 1 unspecified atom stereocenters. The van der Waals surface area contributed by atoms with Crippen molar-refractivity contribution in [1.82, 2.24) is 4.57 Å². The Hall–Kier alpha value is -1.52. The van der Waals surface area contributed by atoms with Crippen molar-refractivity contribution < 1.29 is 14.6 Å². The van der Waals surface area contributed by atoms with Crippen LogP contribution in [0.1, 0.15) is 23.7 Å². The first-order valence-corrected chi connectivity index (χ1v) is 7.11. The standard InChI is InChI=1S/C15H16ClNO3/c1-15(19)5-6-20-13-4-2-3-10-11(12(18)7-16)8-17(9-15)14(10)13/h2-4,8,19H,5-7,9H2,1H3. The average Bonchev–Trinajstić information content (AvgIpc) is 2.75. The molecule has 1 aromatic carbocycles. The summed E-state index contributed by atoms with van der Waals surface area (Å²) in [6.07, 6.45) is 2.31. The van der Waals surface area contributed by atoms with Crippen molar-refractivity contribution in [2.24, 2.45) is 0 Å². The molecule has 0 fully saturated rings. The molecule has 0 saturated carbocycles. The predicted molar refractivity (Wildman–Crippen MR) is 77.7 cm³/mol. The van der Waals surface area contributed by atoms with Gasteiger partial charge in [0.15, 0.2) is 5.78 Å². The second kappa shape index (κ2) is 4.79. The highest BCUT2D eigenvalue weighted by atomic mass is 35.5. The number of halogens is 1. The maximum Gasteiger partial charge on any atom is 0.179 e. The Kier molecular flexibility index (Phi) is 3.22.